The van der Waals surface area contributed by atoms with Gasteiger partial charge in [-0.25, -0.2) is 4.79 Å². The highest BCUT2D eigenvalue weighted by molar-refractivity contribution is 6.61. The maximum absolute atomic E-state index is 10.3. The van der Waals surface area contributed by atoms with E-state index >= 15 is 0 Å². The van der Waals surface area contributed by atoms with Gasteiger partial charge in [0, 0.05) is 0 Å². The number of benzene rings is 1. The summed E-state index contributed by atoms with van der Waals surface area (Å²) >= 11 is 0. The first-order valence-electron chi connectivity index (χ1n) is 6.90. The first-order chi connectivity index (χ1) is 9.58. The largest absolute Gasteiger partial charge is 0.492 e. The van der Waals surface area contributed by atoms with Crippen LogP contribution in [-0.2, 0) is 9.45 Å². The van der Waals surface area contributed by atoms with Crippen molar-refractivity contribution in [3.8, 4) is 5.75 Å². The molecule has 20 heavy (non-hydrogen) atoms. The number of hydrogen-bond acceptors (Lipinski definition) is 4. The van der Waals surface area contributed by atoms with Gasteiger partial charge in [-0.3, -0.25) is 0 Å². The van der Waals surface area contributed by atoms with Crippen LogP contribution in [0.15, 0.2) is 18.2 Å². The molecule has 0 aromatic heterocycles. The van der Waals surface area contributed by atoms with Gasteiger partial charge < -0.3 is 19.5 Å². The molecule has 1 aromatic rings. The van der Waals surface area contributed by atoms with Gasteiger partial charge in [0.2, 0.25) is 0 Å². The van der Waals surface area contributed by atoms with Crippen LogP contribution >= 0.6 is 0 Å². The molecule has 1 aliphatic rings. The lowest BCUT2D eigenvalue weighted by Crippen LogP contribution is -2.28. The van der Waals surface area contributed by atoms with E-state index in [9.17, 15) is 9.82 Å². The number of carbonyl (C=O) groups is 1. The molecule has 2 N–H and O–H groups in total. The molecule has 0 aliphatic carbocycles. The zero-order chi connectivity index (χ0) is 15.7. The molecule has 0 spiro atoms. The average Bonchev–Trinajstić information content (AvgIpc) is 2.76. The molecular weight excluding hydrogens is 259 g/mol. The van der Waals surface area contributed by atoms with E-state index in [1.807, 2.05) is 34.6 Å². The van der Waals surface area contributed by atoms with Gasteiger partial charge in [-0.15, -0.1) is 0 Å². The zero-order valence-corrected chi connectivity index (χ0v) is 12.7. The molecule has 1 atom stereocenters. The van der Waals surface area contributed by atoms with Crippen molar-refractivity contribution >= 4 is 18.6 Å². The Balaban J connectivity index is 0.000000829. The summed E-state index contributed by atoms with van der Waals surface area (Å²) < 4.78 is 10.2. The van der Waals surface area contributed by atoms with Crippen LogP contribution in [0.3, 0.4) is 0 Å². The van der Waals surface area contributed by atoms with Crippen LogP contribution in [0.25, 0.3) is 0 Å². The molecule has 0 amide bonds. The van der Waals surface area contributed by atoms with Crippen molar-refractivity contribution in [3.63, 3.8) is 0 Å². The van der Waals surface area contributed by atoms with Crippen LogP contribution < -0.4 is 10.2 Å². The predicted molar refractivity (Wildman–Crippen MR) is 79.4 cm³/mol. The summed E-state index contributed by atoms with van der Waals surface area (Å²) in [6.45, 7) is 9.44. The van der Waals surface area contributed by atoms with Crippen molar-refractivity contribution < 1.29 is 24.3 Å². The molecule has 0 fully saturated rings. The van der Waals surface area contributed by atoms with Gasteiger partial charge in [0.1, 0.15) is 5.75 Å². The van der Waals surface area contributed by atoms with Crippen LogP contribution in [0.5, 0.6) is 5.75 Å². The smallest absolute Gasteiger partial charge is 0.482 e. The fraction of sp³-hybridized carbons (Fsp3) is 0.500. The molecule has 112 valence electrons. The number of carboxylic acids is 1. The normalized spacial score (nSPS) is 15.3. The number of fused-ring (bicyclic) bond motifs is 1. The standard InChI is InChI=1S/C10H11BO5.2C2H6/c1-6-8-3-2-7(15-5-10(12)13)4-9(8)11(14)16-6;2*1-2/h2-4,6,14H,5H2,1H3,(H,12,13);2*1-2H3. The summed E-state index contributed by atoms with van der Waals surface area (Å²) in [5.74, 6) is -0.622. The molecule has 0 saturated heterocycles. The molecule has 0 bridgehead atoms. The molecule has 1 unspecified atom stereocenters. The Labute approximate surface area is 120 Å². The second kappa shape index (κ2) is 9.39. The van der Waals surface area contributed by atoms with E-state index in [1.54, 1.807) is 18.2 Å². The molecule has 1 aliphatic heterocycles. The van der Waals surface area contributed by atoms with E-state index in [4.69, 9.17) is 14.5 Å². The topological polar surface area (TPSA) is 76.0 Å². The van der Waals surface area contributed by atoms with Crippen molar-refractivity contribution in [2.24, 2.45) is 0 Å². The lowest BCUT2D eigenvalue weighted by atomic mass is 9.79. The molecule has 0 radical (unpaired) electrons. The average molecular weight is 282 g/mol. The van der Waals surface area contributed by atoms with E-state index in [2.05, 4.69) is 0 Å². The first-order valence-corrected chi connectivity index (χ1v) is 6.90. The van der Waals surface area contributed by atoms with E-state index in [0.717, 1.165) is 5.56 Å². The summed E-state index contributed by atoms with van der Waals surface area (Å²) in [5, 5.41) is 18.0. The third kappa shape index (κ3) is 4.87. The van der Waals surface area contributed by atoms with E-state index in [0.29, 0.717) is 11.2 Å². The van der Waals surface area contributed by atoms with Gasteiger partial charge in [-0.05, 0) is 30.1 Å². The van der Waals surface area contributed by atoms with Crippen LogP contribution in [0, 0.1) is 0 Å². The van der Waals surface area contributed by atoms with Gasteiger partial charge in [-0.1, -0.05) is 33.8 Å². The highest BCUT2D eigenvalue weighted by Gasteiger charge is 2.32. The van der Waals surface area contributed by atoms with Gasteiger partial charge in [0.15, 0.2) is 6.61 Å². The molecule has 1 aromatic carbocycles. The van der Waals surface area contributed by atoms with Crippen molar-refractivity contribution in [1.82, 2.24) is 0 Å². The second-order valence-corrected chi connectivity index (χ2v) is 3.60. The monoisotopic (exact) mass is 282 g/mol. The van der Waals surface area contributed by atoms with Crippen LogP contribution in [0.4, 0.5) is 0 Å². The summed E-state index contributed by atoms with van der Waals surface area (Å²) in [6, 6.07) is 5.04. The van der Waals surface area contributed by atoms with Crippen molar-refractivity contribution in [1.29, 1.82) is 0 Å². The quantitative estimate of drug-likeness (QED) is 0.829. The van der Waals surface area contributed by atoms with Gasteiger partial charge in [0.25, 0.3) is 0 Å². The summed E-state index contributed by atoms with van der Waals surface area (Å²) in [5.41, 5.74) is 1.53. The number of aliphatic carboxylic acids is 1. The SMILES string of the molecule is CC.CC.CC1OB(O)c2cc(OCC(=O)O)ccc21. The fourth-order valence-corrected chi connectivity index (χ4v) is 1.71. The Morgan fingerprint density at radius 1 is 1.35 bits per heavy atom. The van der Waals surface area contributed by atoms with Crippen molar-refractivity contribution in [2.75, 3.05) is 6.61 Å². The Morgan fingerprint density at radius 3 is 2.50 bits per heavy atom. The number of rotatable bonds is 3. The first kappa shape index (κ1) is 18.5. The van der Waals surface area contributed by atoms with Gasteiger partial charge in [0.05, 0.1) is 6.10 Å². The minimum Gasteiger partial charge on any atom is -0.482 e. The maximum atomic E-state index is 10.3. The third-order valence-electron chi connectivity index (χ3n) is 2.46. The lowest BCUT2D eigenvalue weighted by molar-refractivity contribution is -0.139. The lowest BCUT2D eigenvalue weighted by Gasteiger charge is -2.06. The predicted octanol–water partition coefficient (Wildman–Crippen LogP) is 1.98. The summed E-state index contributed by atoms with van der Waals surface area (Å²) in [7, 11) is -0.960. The third-order valence-corrected chi connectivity index (χ3v) is 2.46. The summed E-state index contributed by atoms with van der Waals surface area (Å²) in [6.07, 6.45) is -0.154. The van der Waals surface area contributed by atoms with E-state index in [1.165, 1.54) is 0 Å². The maximum Gasteiger partial charge on any atom is 0.492 e. The number of carboxylic acid groups (broad SMARTS) is 1. The van der Waals surface area contributed by atoms with Gasteiger partial charge >= 0.3 is 13.1 Å². The second-order valence-electron chi connectivity index (χ2n) is 3.60. The Kier molecular flexibility index (Phi) is 8.67. The van der Waals surface area contributed by atoms with Crippen LogP contribution in [-0.4, -0.2) is 29.8 Å². The Hall–Kier alpha value is -1.53. The van der Waals surface area contributed by atoms with Crippen molar-refractivity contribution in [2.45, 2.75) is 40.7 Å². The van der Waals surface area contributed by atoms with E-state index in [-0.39, 0.29) is 6.10 Å². The minimum atomic E-state index is -1.04. The minimum absolute atomic E-state index is 0.154. The Bertz CT molecular complexity index is 422. The molecule has 6 heteroatoms. The highest BCUT2D eigenvalue weighted by Crippen LogP contribution is 2.24. The molecule has 0 saturated carbocycles. The zero-order valence-electron chi connectivity index (χ0n) is 12.7. The van der Waals surface area contributed by atoms with Gasteiger partial charge in [-0.2, -0.15) is 0 Å². The van der Waals surface area contributed by atoms with Crippen LogP contribution in [0.1, 0.15) is 46.3 Å². The van der Waals surface area contributed by atoms with Crippen molar-refractivity contribution in [3.05, 3.63) is 23.8 Å². The highest BCUT2D eigenvalue weighted by atomic mass is 16.5. The summed E-state index contributed by atoms with van der Waals surface area (Å²) in [4.78, 5) is 10.3. The van der Waals surface area contributed by atoms with Crippen LogP contribution in [0.2, 0.25) is 0 Å². The molecule has 1 heterocycles. The fourth-order valence-electron chi connectivity index (χ4n) is 1.71. The number of hydrogen-bond donors (Lipinski definition) is 2. The Morgan fingerprint density at radius 2 is 1.95 bits per heavy atom. The van der Waals surface area contributed by atoms with E-state index < -0.39 is 19.7 Å². The molecule has 2 rings (SSSR count). The molecular formula is C14H23BO5. The number of ether oxygens (including phenoxy) is 1. The molecule has 5 nitrogen and oxygen atoms in total.